The first-order valence-electron chi connectivity index (χ1n) is 6.81. The van der Waals surface area contributed by atoms with Crippen molar-refractivity contribution in [3.8, 4) is 12.0 Å². The molecule has 0 aromatic carbocycles. The number of methoxy groups -OCH3 is 1. The Hall–Kier alpha value is -1.63. The lowest BCUT2D eigenvalue weighted by molar-refractivity contribution is 0.00461. The fourth-order valence-corrected chi connectivity index (χ4v) is 1.32. The summed E-state index contributed by atoms with van der Waals surface area (Å²) in [6, 6.07) is 0.519. The maximum atomic E-state index is 5.56. The molecule has 0 amide bonds. The van der Waals surface area contributed by atoms with Crippen molar-refractivity contribution in [2.24, 2.45) is 0 Å². The van der Waals surface area contributed by atoms with Crippen LogP contribution in [0.2, 0.25) is 0 Å². The van der Waals surface area contributed by atoms with Crippen LogP contribution in [0, 0.1) is 0 Å². The van der Waals surface area contributed by atoms with Gasteiger partial charge in [-0.05, 0) is 27.7 Å². The molecule has 0 aliphatic carbocycles. The van der Waals surface area contributed by atoms with Crippen molar-refractivity contribution in [2.45, 2.75) is 39.7 Å². The van der Waals surface area contributed by atoms with E-state index in [1.165, 1.54) is 0 Å². The second kappa shape index (κ2) is 7.84. The summed E-state index contributed by atoms with van der Waals surface area (Å²) in [6.45, 7) is 9.50. The Morgan fingerprint density at radius 1 is 1.05 bits per heavy atom. The number of hydrogen-bond acceptors (Lipinski definition) is 7. The summed E-state index contributed by atoms with van der Waals surface area (Å²) in [5.74, 6) is 0.451. The number of ether oxygens (including phenoxy) is 3. The quantitative estimate of drug-likeness (QED) is 0.742. The maximum Gasteiger partial charge on any atom is 0.324 e. The maximum absolute atomic E-state index is 5.56. The van der Waals surface area contributed by atoms with Gasteiger partial charge in [-0.3, -0.25) is 0 Å². The lowest BCUT2D eigenvalue weighted by Crippen LogP contribution is -2.25. The molecule has 0 saturated heterocycles. The number of nitrogens with zero attached hydrogens (tertiary/aromatic N) is 3. The van der Waals surface area contributed by atoms with E-state index in [1.54, 1.807) is 7.11 Å². The highest BCUT2D eigenvalue weighted by molar-refractivity contribution is 5.27. The zero-order chi connectivity index (χ0) is 15.0. The van der Waals surface area contributed by atoms with Gasteiger partial charge >= 0.3 is 12.0 Å². The molecule has 1 rings (SSSR count). The smallest absolute Gasteiger partial charge is 0.324 e. The molecule has 0 unspecified atom stereocenters. The van der Waals surface area contributed by atoms with Crippen LogP contribution in [0.25, 0.3) is 0 Å². The second-order valence-electron chi connectivity index (χ2n) is 4.75. The van der Waals surface area contributed by atoms with Gasteiger partial charge in [-0.2, -0.15) is 9.97 Å². The minimum atomic E-state index is -0.236. The lowest BCUT2D eigenvalue weighted by Gasteiger charge is -2.22. The van der Waals surface area contributed by atoms with Gasteiger partial charge in [-0.25, -0.2) is 0 Å². The Balaban J connectivity index is 2.67. The Morgan fingerprint density at radius 2 is 1.70 bits per heavy atom. The van der Waals surface area contributed by atoms with Crippen LogP contribution in [0.5, 0.6) is 12.0 Å². The van der Waals surface area contributed by atoms with Gasteiger partial charge in [0.2, 0.25) is 5.95 Å². The molecule has 7 heteroatoms. The molecule has 0 bridgehead atoms. The molecular formula is C13H24N4O3. The molecule has 0 saturated carbocycles. The topological polar surface area (TPSA) is 78.4 Å². The van der Waals surface area contributed by atoms with E-state index in [4.69, 9.17) is 14.2 Å². The molecule has 0 atom stereocenters. The summed E-state index contributed by atoms with van der Waals surface area (Å²) >= 11 is 0. The van der Waals surface area contributed by atoms with E-state index >= 15 is 0 Å². The van der Waals surface area contributed by atoms with Gasteiger partial charge in [0.25, 0.3) is 0 Å². The van der Waals surface area contributed by atoms with Crippen LogP contribution < -0.4 is 14.8 Å². The van der Waals surface area contributed by atoms with E-state index < -0.39 is 0 Å². The monoisotopic (exact) mass is 284 g/mol. The number of rotatable bonds is 9. The zero-order valence-electron chi connectivity index (χ0n) is 12.9. The van der Waals surface area contributed by atoms with E-state index in [9.17, 15) is 0 Å². The fourth-order valence-electron chi connectivity index (χ4n) is 1.32. The molecule has 0 aliphatic heterocycles. The molecule has 114 valence electrons. The molecule has 7 nitrogen and oxygen atoms in total. The average molecular weight is 284 g/mol. The summed E-state index contributed by atoms with van der Waals surface area (Å²) in [4.78, 5) is 12.4. The molecule has 0 fully saturated rings. The van der Waals surface area contributed by atoms with Gasteiger partial charge in [0.05, 0.1) is 18.8 Å². The minimum Gasteiger partial charge on any atom is -0.464 e. The Morgan fingerprint density at radius 3 is 2.25 bits per heavy atom. The summed E-state index contributed by atoms with van der Waals surface area (Å²) in [5, 5.41) is 3.02. The van der Waals surface area contributed by atoms with Gasteiger partial charge in [0.15, 0.2) is 0 Å². The Bertz CT molecular complexity index is 388. The van der Waals surface area contributed by atoms with Crippen molar-refractivity contribution in [2.75, 3.05) is 32.2 Å². The number of anilines is 1. The van der Waals surface area contributed by atoms with Crippen molar-refractivity contribution in [3.05, 3.63) is 0 Å². The molecule has 0 spiro atoms. The third kappa shape index (κ3) is 5.56. The molecule has 1 N–H and O–H groups in total. The molecule has 1 aromatic rings. The van der Waals surface area contributed by atoms with Gasteiger partial charge in [-0.15, -0.1) is 4.98 Å². The van der Waals surface area contributed by atoms with Crippen LogP contribution in [-0.2, 0) is 4.74 Å². The molecule has 0 radical (unpaired) electrons. The van der Waals surface area contributed by atoms with E-state index in [-0.39, 0.29) is 17.6 Å². The highest BCUT2D eigenvalue weighted by atomic mass is 16.5. The van der Waals surface area contributed by atoms with Crippen LogP contribution in [-0.4, -0.2) is 47.4 Å². The number of aromatic nitrogens is 3. The first kappa shape index (κ1) is 16.4. The average Bonchev–Trinajstić information content (AvgIpc) is 2.39. The fraction of sp³-hybridized carbons (Fsp3) is 0.769. The molecular weight excluding hydrogens is 260 g/mol. The van der Waals surface area contributed by atoms with Gasteiger partial charge in [0.1, 0.15) is 0 Å². The van der Waals surface area contributed by atoms with E-state index in [1.807, 2.05) is 27.7 Å². The highest BCUT2D eigenvalue weighted by Gasteiger charge is 2.17. The third-order valence-corrected chi connectivity index (χ3v) is 2.69. The summed E-state index contributed by atoms with van der Waals surface area (Å²) in [7, 11) is 1.68. The van der Waals surface area contributed by atoms with E-state index in [0.717, 1.165) is 6.42 Å². The summed E-state index contributed by atoms with van der Waals surface area (Å²) in [6.07, 6.45) is 0.732. The first-order chi connectivity index (χ1) is 9.50. The Labute approximate surface area is 120 Å². The van der Waals surface area contributed by atoms with Crippen molar-refractivity contribution in [1.82, 2.24) is 15.0 Å². The van der Waals surface area contributed by atoms with Gasteiger partial charge in [0, 0.05) is 20.1 Å². The largest absolute Gasteiger partial charge is 0.464 e. The van der Waals surface area contributed by atoms with Gasteiger partial charge < -0.3 is 19.5 Å². The van der Waals surface area contributed by atoms with Crippen molar-refractivity contribution >= 4 is 5.95 Å². The SMILES string of the molecule is CCNc1nc(OCC)nc(OCCC(C)(C)OC)n1. The Kier molecular flexibility index (Phi) is 6.44. The number of hydrogen-bond donors (Lipinski definition) is 1. The van der Waals surface area contributed by atoms with Crippen molar-refractivity contribution in [1.29, 1.82) is 0 Å². The predicted octanol–water partition coefficient (Wildman–Crippen LogP) is 1.90. The van der Waals surface area contributed by atoms with E-state index in [2.05, 4.69) is 20.3 Å². The second-order valence-corrected chi connectivity index (χ2v) is 4.75. The molecule has 20 heavy (non-hydrogen) atoms. The van der Waals surface area contributed by atoms with Crippen LogP contribution in [0.1, 0.15) is 34.1 Å². The third-order valence-electron chi connectivity index (χ3n) is 2.69. The molecule has 1 aromatic heterocycles. The number of nitrogens with one attached hydrogen (secondary N) is 1. The minimum absolute atomic E-state index is 0.236. The van der Waals surface area contributed by atoms with Crippen LogP contribution in [0.15, 0.2) is 0 Å². The van der Waals surface area contributed by atoms with Crippen LogP contribution >= 0.6 is 0 Å². The lowest BCUT2D eigenvalue weighted by atomic mass is 10.1. The first-order valence-corrected chi connectivity index (χ1v) is 6.81. The summed E-state index contributed by atoms with van der Waals surface area (Å²) in [5.41, 5.74) is -0.236. The predicted molar refractivity (Wildman–Crippen MR) is 76.4 cm³/mol. The van der Waals surface area contributed by atoms with Crippen molar-refractivity contribution < 1.29 is 14.2 Å². The normalized spacial score (nSPS) is 11.2. The van der Waals surface area contributed by atoms with Crippen LogP contribution in [0.3, 0.4) is 0 Å². The standard InChI is InChI=1S/C13H24N4O3/c1-6-14-10-15-11(19-7-2)17-12(16-10)20-9-8-13(3,4)18-5/h6-9H2,1-5H3,(H,14,15,16,17). The van der Waals surface area contributed by atoms with E-state index in [0.29, 0.717) is 25.7 Å². The summed E-state index contributed by atoms with van der Waals surface area (Å²) < 4.78 is 16.2. The van der Waals surface area contributed by atoms with Crippen molar-refractivity contribution in [3.63, 3.8) is 0 Å². The highest BCUT2D eigenvalue weighted by Crippen LogP contribution is 2.16. The molecule has 1 heterocycles. The van der Waals surface area contributed by atoms with Crippen LogP contribution in [0.4, 0.5) is 5.95 Å². The zero-order valence-corrected chi connectivity index (χ0v) is 12.9. The molecule has 0 aliphatic rings. The van der Waals surface area contributed by atoms with Gasteiger partial charge in [-0.1, -0.05) is 0 Å².